The number of nitrogens with zero attached hydrogens (tertiary/aromatic N) is 1. The van der Waals surface area contributed by atoms with Gasteiger partial charge in [0.15, 0.2) is 4.90 Å². The van der Waals surface area contributed by atoms with Gasteiger partial charge in [0.2, 0.25) is 0 Å². The molecule has 0 amide bonds. The molecule has 0 N–H and O–H groups in total. The summed E-state index contributed by atoms with van der Waals surface area (Å²) >= 11 is -1.46. The first-order chi connectivity index (χ1) is 6.99. The molecular weight excluding hydrogens is 238 g/mol. The summed E-state index contributed by atoms with van der Waals surface area (Å²) in [5, 5.41) is 0. The Hall–Kier alpha value is -1.14. The molecule has 0 aromatic heterocycles. The summed E-state index contributed by atoms with van der Waals surface area (Å²) in [5.41, 5.74) is 0. The normalized spacial score (nSPS) is 12.9. The maximum Gasteiger partial charge on any atom is 0.297 e. The molecule has 1 aromatic rings. The first kappa shape index (κ1) is 11.9. The molecule has 1 unspecified atom stereocenters. The molecule has 7 heteroatoms. The van der Waals surface area contributed by atoms with Crippen molar-refractivity contribution < 1.29 is 17.8 Å². The number of hydrogen-bond acceptors (Lipinski definition) is 4. The molecule has 0 saturated heterocycles. The van der Waals surface area contributed by atoms with Gasteiger partial charge in [0.1, 0.15) is 11.2 Å². The third-order valence-corrected chi connectivity index (χ3v) is 3.93. The van der Waals surface area contributed by atoms with Crippen molar-refractivity contribution in [1.29, 1.82) is 0 Å². The topological polar surface area (TPSA) is 86.6 Å². The lowest BCUT2D eigenvalue weighted by atomic mass is 10.4. The molecule has 0 aliphatic carbocycles. The van der Waals surface area contributed by atoms with Crippen LogP contribution in [0.25, 0.3) is 0 Å². The molecule has 5 nitrogen and oxygen atoms in total. The average Bonchev–Trinajstić information content (AvgIpc) is 2.17. The number of carbonyl (C=O) groups excluding carboxylic acids is 1. The van der Waals surface area contributed by atoms with E-state index in [1.807, 2.05) is 0 Å². The minimum Gasteiger partial charge on any atom is -0.612 e. The highest BCUT2D eigenvalue weighted by atomic mass is 32.2. The fourth-order valence-corrected chi connectivity index (χ4v) is 3.06. The summed E-state index contributed by atoms with van der Waals surface area (Å²) in [4.78, 5) is 9.82. The van der Waals surface area contributed by atoms with Crippen LogP contribution in [0, 0.1) is 0 Å². The molecule has 15 heavy (non-hydrogen) atoms. The lowest BCUT2D eigenvalue weighted by Gasteiger charge is -2.07. The van der Waals surface area contributed by atoms with Gasteiger partial charge < -0.3 is 4.55 Å². The molecule has 1 rings (SSSR count). The highest BCUT2D eigenvalue weighted by Crippen LogP contribution is 2.21. The van der Waals surface area contributed by atoms with Gasteiger partial charge in [-0.2, -0.15) is 8.42 Å². The summed E-state index contributed by atoms with van der Waals surface area (Å²) < 4.78 is 36.7. The van der Waals surface area contributed by atoms with Crippen molar-refractivity contribution >= 4 is 27.3 Å². The predicted molar refractivity (Wildman–Crippen MR) is 54.1 cm³/mol. The highest BCUT2D eigenvalue weighted by molar-refractivity contribution is 7.93. The van der Waals surface area contributed by atoms with Crippen LogP contribution in [0.4, 0.5) is 0 Å². The summed E-state index contributed by atoms with van der Waals surface area (Å²) in [6.45, 7) is 0. The number of benzene rings is 1. The quantitative estimate of drug-likeness (QED) is 0.439. The molecule has 1 aromatic carbocycles. The highest BCUT2D eigenvalue weighted by Gasteiger charge is 2.22. The van der Waals surface area contributed by atoms with E-state index in [1.54, 1.807) is 6.07 Å². The molecule has 0 radical (unpaired) electrons. The zero-order chi connectivity index (χ0) is 11.5. The second-order valence-electron chi connectivity index (χ2n) is 2.56. The number of sulfonamides is 1. The zero-order valence-electron chi connectivity index (χ0n) is 7.71. The Morgan fingerprint density at radius 3 is 2.53 bits per heavy atom. The lowest BCUT2D eigenvalue weighted by molar-refractivity contribution is 0.563. The minimum absolute atomic E-state index is 0.122. The van der Waals surface area contributed by atoms with Gasteiger partial charge in [-0.15, -0.1) is 0 Å². The van der Waals surface area contributed by atoms with Gasteiger partial charge >= 0.3 is 0 Å². The van der Waals surface area contributed by atoms with Crippen LogP contribution in [-0.2, 0) is 26.0 Å². The lowest BCUT2D eigenvalue weighted by Crippen LogP contribution is -2.06. The Bertz CT molecular complexity index is 503. The minimum atomic E-state index is -4.08. The number of hydrogen-bond donors (Lipinski definition) is 0. The molecule has 1 atom stereocenters. The molecular formula is C8H7NO4S2. The molecule has 0 fully saturated rings. The molecule has 0 aliphatic rings. The van der Waals surface area contributed by atoms with Gasteiger partial charge in [-0.25, -0.2) is 4.79 Å². The van der Waals surface area contributed by atoms with E-state index in [2.05, 4.69) is 4.40 Å². The van der Waals surface area contributed by atoms with Gasteiger partial charge in [0, 0.05) is 0 Å². The van der Waals surface area contributed by atoms with Crippen LogP contribution >= 0.6 is 0 Å². The van der Waals surface area contributed by atoms with E-state index in [1.165, 1.54) is 24.5 Å². The van der Waals surface area contributed by atoms with Crippen molar-refractivity contribution in [3.8, 4) is 0 Å². The van der Waals surface area contributed by atoms with E-state index in [0.29, 0.717) is 0 Å². The van der Waals surface area contributed by atoms with Gasteiger partial charge in [0.05, 0.1) is 0 Å². The maximum atomic E-state index is 11.4. The van der Waals surface area contributed by atoms with E-state index in [-0.39, 0.29) is 9.79 Å². The summed E-state index contributed by atoms with van der Waals surface area (Å²) in [7, 11) is -4.08. The second-order valence-corrected chi connectivity index (χ2v) is 5.48. The summed E-state index contributed by atoms with van der Waals surface area (Å²) in [6, 6.07) is 5.67. The monoisotopic (exact) mass is 245 g/mol. The SMILES string of the molecule is C[S+]([O-])c1ccccc1S(=O)(=O)N=C=O. The van der Waals surface area contributed by atoms with Crippen molar-refractivity contribution in [2.24, 2.45) is 4.40 Å². The smallest absolute Gasteiger partial charge is 0.297 e. The third kappa shape index (κ3) is 2.66. The first-order valence-electron chi connectivity index (χ1n) is 3.75. The van der Waals surface area contributed by atoms with Crippen LogP contribution in [0.1, 0.15) is 0 Å². The standard InChI is InChI=1S/C8H7NO4S2/c1-14(11)7-4-2-3-5-8(7)15(12,13)9-6-10/h2-5H,1H3. The Kier molecular flexibility index (Phi) is 3.65. The Morgan fingerprint density at radius 2 is 2.00 bits per heavy atom. The fourth-order valence-electron chi connectivity index (χ4n) is 0.999. The molecule has 0 saturated carbocycles. The maximum absolute atomic E-state index is 11.4. The van der Waals surface area contributed by atoms with Crippen LogP contribution in [0.5, 0.6) is 0 Å². The molecule has 0 aliphatic heterocycles. The van der Waals surface area contributed by atoms with Crippen LogP contribution in [-0.4, -0.2) is 25.3 Å². The van der Waals surface area contributed by atoms with E-state index in [9.17, 15) is 17.8 Å². The van der Waals surface area contributed by atoms with Crippen LogP contribution < -0.4 is 0 Å². The first-order valence-corrected chi connectivity index (χ1v) is 6.75. The van der Waals surface area contributed by atoms with Crippen molar-refractivity contribution in [2.75, 3.05) is 6.26 Å². The van der Waals surface area contributed by atoms with Gasteiger partial charge in [-0.05, 0) is 23.3 Å². The summed E-state index contributed by atoms with van der Waals surface area (Å²) in [6.07, 6.45) is 2.31. The Morgan fingerprint density at radius 1 is 1.40 bits per heavy atom. The molecule has 0 heterocycles. The van der Waals surface area contributed by atoms with Gasteiger partial charge in [-0.3, -0.25) is 0 Å². The average molecular weight is 245 g/mol. The molecule has 0 spiro atoms. The van der Waals surface area contributed by atoms with Crippen molar-refractivity contribution in [1.82, 2.24) is 0 Å². The van der Waals surface area contributed by atoms with Gasteiger partial charge in [-0.1, -0.05) is 16.5 Å². The van der Waals surface area contributed by atoms with E-state index < -0.39 is 21.2 Å². The van der Waals surface area contributed by atoms with Crippen LogP contribution in [0.2, 0.25) is 0 Å². The van der Waals surface area contributed by atoms with Crippen LogP contribution in [0.15, 0.2) is 38.5 Å². The van der Waals surface area contributed by atoms with E-state index in [0.717, 1.165) is 6.08 Å². The van der Waals surface area contributed by atoms with Crippen molar-refractivity contribution in [3.05, 3.63) is 24.3 Å². The van der Waals surface area contributed by atoms with E-state index in [4.69, 9.17) is 0 Å². The van der Waals surface area contributed by atoms with Crippen molar-refractivity contribution in [2.45, 2.75) is 9.79 Å². The van der Waals surface area contributed by atoms with E-state index >= 15 is 0 Å². The number of rotatable bonds is 3. The number of isocyanates is 1. The molecule has 80 valence electrons. The fraction of sp³-hybridized carbons (Fsp3) is 0.125. The zero-order valence-corrected chi connectivity index (χ0v) is 9.34. The third-order valence-electron chi connectivity index (χ3n) is 1.59. The van der Waals surface area contributed by atoms with Crippen molar-refractivity contribution in [3.63, 3.8) is 0 Å². The Balaban J connectivity index is 3.44. The largest absolute Gasteiger partial charge is 0.612 e. The summed E-state index contributed by atoms with van der Waals surface area (Å²) in [5.74, 6) is 0. The van der Waals surface area contributed by atoms with Crippen LogP contribution in [0.3, 0.4) is 0 Å². The van der Waals surface area contributed by atoms with Gasteiger partial charge in [0.25, 0.3) is 16.1 Å². The Labute approximate surface area is 90.1 Å². The molecule has 0 bridgehead atoms. The predicted octanol–water partition coefficient (Wildman–Crippen LogP) is 0.449. The second kappa shape index (κ2) is 4.59.